The van der Waals surface area contributed by atoms with Crippen molar-refractivity contribution in [1.82, 2.24) is 14.6 Å². The van der Waals surface area contributed by atoms with Crippen LogP contribution in [0.2, 0.25) is 0 Å². The highest BCUT2D eigenvalue weighted by atomic mass is 16.4. The van der Waals surface area contributed by atoms with Crippen LogP contribution in [0.3, 0.4) is 0 Å². The van der Waals surface area contributed by atoms with Crippen molar-refractivity contribution in [2.45, 2.75) is 0 Å². The number of rotatable bonds is 2. The third-order valence-corrected chi connectivity index (χ3v) is 2.92. The largest absolute Gasteiger partial charge is 0.478 e. The monoisotopic (exact) mass is 269 g/mol. The molecule has 100 valence electrons. The number of aromatic carboxylic acids is 1. The van der Waals surface area contributed by atoms with Crippen molar-refractivity contribution >= 4 is 23.3 Å². The van der Waals surface area contributed by atoms with Crippen molar-refractivity contribution in [3.05, 3.63) is 42.1 Å². The minimum Gasteiger partial charge on any atom is -0.478 e. The molecule has 0 aliphatic carbocycles. The summed E-state index contributed by atoms with van der Waals surface area (Å²) in [5.41, 5.74) is 13.5. The quantitative estimate of drug-likeness (QED) is 0.602. The molecule has 3 rings (SSSR count). The van der Waals surface area contributed by atoms with Crippen molar-refractivity contribution in [1.29, 1.82) is 0 Å². The highest BCUT2D eigenvalue weighted by molar-refractivity contribution is 5.97. The number of hydrogen-bond acceptors (Lipinski definition) is 5. The van der Waals surface area contributed by atoms with Crippen LogP contribution in [0.4, 0.5) is 11.6 Å². The van der Waals surface area contributed by atoms with E-state index in [-0.39, 0.29) is 11.5 Å². The van der Waals surface area contributed by atoms with Gasteiger partial charge in [0.1, 0.15) is 0 Å². The smallest absolute Gasteiger partial charge is 0.336 e. The molecule has 2 heterocycles. The molecule has 0 saturated heterocycles. The van der Waals surface area contributed by atoms with Gasteiger partial charge in [0.25, 0.3) is 0 Å². The van der Waals surface area contributed by atoms with E-state index in [0.717, 1.165) is 0 Å². The van der Waals surface area contributed by atoms with E-state index in [4.69, 9.17) is 11.5 Å². The topological polar surface area (TPSA) is 120 Å². The Bertz CT molecular complexity index is 825. The predicted molar refractivity (Wildman–Crippen MR) is 74.2 cm³/mol. The summed E-state index contributed by atoms with van der Waals surface area (Å²) in [7, 11) is 0. The zero-order chi connectivity index (χ0) is 14.3. The highest BCUT2D eigenvalue weighted by Gasteiger charge is 2.15. The summed E-state index contributed by atoms with van der Waals surface area (Å²) in [5.74, 6) is -0.961. The van der Waals surface area contributed by atoms with E-state index in [9.17, 15) is 9.90 Å². The Morgan fingerprint density at radius 3 is 2.75 bits per heavy atom. The number of carbonyl (C=O) groups is 1. The lowest BCUT2D eigenvalue weighted by Gasteiger charge is -2.07. The number of hydrogen-bond donors (Lipinski definition) is 3. The average Bonchev–Trinajstić information content (AvgIpc) is 2.76. The number of pyridine rings is 1. The molecular formula is C13H11N5O2. The second-order valence-electron chi connectivity index (χ2n) is 4.30. The highest BCUT2D eigenvalue weighted by Crippen LogP contribution is 2.26. The minimum atomic E-state index is -1.05. The maximum atomic E-state index is 11.4. The van der Waals surface area contributed by atoms with Gasteiger partial charge in [-0.1, -0.05) is 12.1 Å². The van der Waals surface area contributed by atoms with Crippen molar-refractivity contribution in [2.24, 2.45) is 0 Å². The van der Waals surface area contributed by atoms with Gasteiger partial charge in [0.2, 0.25) is 5.95 Å². The van der Waals surface area contributed by atoms with Crippen LogP contribution < -0.4 is 11.5 Å². The summed E-state index contributed by atoms with van der Waals surface area (Å²) < 4.78 is 1.44. The molecule has 0 bridgehead atoms. The van der Waals surface area contributed by atoms with E-state index in [0.29, 0.717) is 22.5 Å². The average molecular weight is 269 g/mol. The van der Waals surface area contributed by atoms with E-state index in [1.54, 1.807) is 30.5 Å². The lowest BCUT2D eigenvalue weighted by atomic mass is 10.0. The molecule has 0 spiro atoms. The molecule has 0 amide bonds. The molecule has 7 nitrogen and oxygen atoms in total. The molecule has 0 aliphatic heterocycles. The SMILES string of the molecule is Nc1cccc(-c2cn3nc(N)nc3cc2C(=O)O)c1. The van der Waals surface area contributed by atoms with E-state index < -0.39 is 5.97 Å². The molecule has 0 fully saturated rings. The Morgan fingerprint density at radius 1 is 1.25 bits per heavy atom. The fourth-order valence-corrected chi connectivity index (χ4v) is 2.06. The number of benzene rings is 1. The van der Waals surface area contributed by atoms with Gasteiger partial charge in [-0.05, 0) is 23.8 Å². The molecule has 2 aromatic heterocycles. The van der Waals surface area contributed by atoms with Crippen molar-refractivity contribution in [3.8, 4) is 11.1 Å². The van der Waals surface area contributed by atoms with Crippen LogP contribution >= 0.6 is 0 Å². The summed E-state index contributed by atoms with van der Waals surface area (Å²) >= 11 is 0. The number of carboxylic acids is 1. The Labute approximate surface area is 113 Å². The zero-order valence-electron chi connectivity index (χ0n) is 10.3. The van der Waals surface area contributed by atoms with Crippen LogP contribution in [-0.4, -0.2) is 25.7 Å². The lowest BCUT2D eigenvalue weighted by molar-refractivity contribution is 0.0697. The lowest BCUT2D eigenvalue weighted by Crippen LogP contribution is -2.03. The van der Waals surface area contributed by atoms with Crippen LogP contribution in [0.5, 0.6) is 0 Å². The summed E-state index contributed by atoms with van der Waals surface area (Å²) in [6.07, 6.45) is 1.58. The molecule has 20 heavy (non-hydrogen) atoms. The van der Waals surface area contributed by atoms with Gasteiger partial charge in [0.15, 0.2) is 5.65 Å². The third kappa shape index (κ3) is 1.91. The molecule has 7 heteroatoms. The van der Waals surface area contributed by atoms with Gasteiger partial charge in [-0.15, -0.1) is 5.10 Å². The van der Waals surface area contributed by atoms with E-state index in [2.05, 4.69) is 10.1 Å². The molecule has 1 aromatic carbocycles. The van der Waals surface area contributed by atoms with Gasteiger partial charge in [-0.2, -0.15) is 4.98 Å². The normalized spacial score (nSPS) is 10.8. The first kappa shape index (κ1) is 12.0. The molecule has 0 atom stereocenters. The van der Waals surface area contributed by atoms with Gasteiger partial charge in [0.05, 0.1) is 5.56 Å². The molecule has 3 aromatic rings. The summed E-state index contributed by atoms with van der Waals surface area (Å²) in [6, 6.07) is 8.41. The molecule has 0 unspecified atom stereocenters. The first-order chi connectivity index (χ1) is 9.54. The van der Waals surface area contributed by atoms with Crippen molar-refractivity contribution in [2.75, 3.05) is 11.5 Å². The zero-order valence-corrected chi connectivity index (χ0v) is 10.3. The number of aromatic nitrogens is 3. The first-order valence-corrected chi connectivity index (χ1v) is 5.80. The van der Waals surface area contributed by atoms with Crippen molar-refractivity contribution in [3.63, 3.8) is 0 Å². The van der Waals surface area contributed by atoms with Gasteiger partial charge in [-0.3, -0.25) is 0 Å². The maximum absolute atomic E-state index is 11.4. The predicted octanol–water partition coefficient (Wildman–Crippen LogP) is 1.26. The fraction of sp³-hybridized carbons (Fsp3) is 0. The van der Waals surface area contributed by atoms with Gasteiger partial charge in [-0.25, -0.2) is 9.31 Å². The Morgan fingerprint density at radius 2 is 2.05 bits per heavy atom. The summed E-state index contributed by atoms with van der Waals surface area (Å²) in [4.78, 5) is 15.4. The number of nitrogens with zero attached hydrogens (tertiary/aromatic N) is 3. The molecular weight excluding hydrogens is 258 g/mol. The molecule has 5 N–H and O–H groups in total. The van der Waals surface area contributed by atoms with Gasteiger partial charge >= 0.3 is 5.97 Å². The van der Waals surface area contributed by atoms with Crippen LogP contribution in [0.1, 0.15) is 10.4 Å². The number of carboxylic acid groups (broad SMARTS) is 1. The molecule has 0 saturated carbocycles. The van der Waals surface area contributed by atoms with Gasteiger partial charge < -0.3 is 16.6 Å². The summed E-state index contributed by atoms with van der Waals surface area (Å²) in [6.45, 7) is 0. The minimum absolute atomic E-state index is 0.0889. The second-order valence-corrected chi connectivity index (χ2v) is 4.30. The molecule has 0 radical (unpaired) electrons. The van der Waals surface area contributed by atoms with Crippen molar-refractivity contribution < 1.29 is 9.90 Å². The fourth-order valence-electron chi connectivity index (χ4n) is 2.06. The maximum Gasteiger partial charge on any atom is 0.336 e. The first-order valence-electron chi connectivity index (χ1n) is 5.80. The summed E-state index contributed by atoms with van der Waals surface area (Å²) in [5, 5.41) is 13.3. The Balaban J connectivity index is 2.32. The standard InChI is InChI=1S/C13H11N5O2/c14-8-3-1-2-7(4-8)10-6-18-11(16-13(15)17-18)5-9(10)12(19)20/h1-6H,14H2,(H2,15,17)(H,19,20). The second kappa shape index (κ2) is 4.23. The number of fused-ring (bicyclic) bond motifs is 1. The molecule has 0 aliphatic rings. The number of anilines is 2. The Kier molecular flexibility index (Phi) is 2.53. The number of nitrogens with two attached hydrogens (primary N) is 2. The Hall–Kier alpha value is -3.09. The van der Waals surface area contributed by atoms with E-state index >= 15 is 0 Å². The van der Waals surface area contributed by atoms with Crippen LogP contribution in [0.25, 0.3) is 16.8 Å². The number of nitrogen functional groups attached to an aromatic ring is 2. The van der Waals surface area contributed by atoms with Gasteiger partial charge in [0, 0.05) is 17.4 Å². The third-order valence-electron chi connectivity index (χ3n) is 2.92. The van der Waals surface area contributed by atoms with E-state index in [1.165, 1.54) is 10.6 Å². The van der Waals surface area contributed by atoms with Crippen LogP contribution in [0.15, 0.2) is 36.5 Å². The van der Waals surface area contributed by atoms with Crippen LogP contribution in [0, 0.1) is 0 Å². The van der Waals surface area contributed by atoms with E-state index in [1.807, 2.05) is 0 Å². The van der Waals surface area contributed by atoms with Crippen LogP contribution in [-0.2, 0) is 0 Å².